The van der Waals surface area contributed by atoms with Crippen molar-refractivity contribution in [1.82, 2.24) is 5.32 Å². The van der Waals surface area contributed by atoms with Crippen LogP contribution >= 0.6 is 23.2 Å². The molecule has 10 heteroatoms. The first-order valence-electron chi connectivity index (χ1n) is 14.1. The summed E-state index contributed by atoms with van der Waals surface area (Å²) >= 11 is 11.8. The van der Waals surface area contributed by atoms with Gasteiger partial charge in [0.25, 0.3) is 5.91 Å². The Morgan fingerprint density at radius 2 is 1.57 bits per heavy atom. The summed E-state index contributed by atoms with van der Waals surface area (Å²) in [7, 11) is 3.05. The van der Waals surface area contributed by atoms with Gasteiger partial charge in [-0.1, -0.05) is 69.0 Å². The number of carbonyl (C=O) groups excluding carboxylic acids is 2. The van der Waals surface area contributed by atoms with Crippen molar-refractivity contribution in [2.24, 2.45) is 5.16 Å². The molecule has 0 fully saturated rings. The quantitative estimate of drug-likeness (QED) is 0.130. The van der Waals surface area contributed by atoms with E-state index in [0.717, 1.165) is 17.5 Å². The molecule has 2 aromatic carbocycles. The fraction of sp³-hybridized carbons (Fsp3) is 0.531. The maximum Gasteiger partial charge on any atom is 0.303 e. The number of carbonyl (C=O) groups is 2. The molecule has 0 radical (unpaired) electrons. The number of hydrogen-bond acceptors (Lipinski definition) is 6. The number of rotatable bonds is 9. The molecular formula is C32H49Cl2FN2O5. The Morgan fingerprint density at radius 1 is 1.02 bits per heavy atom. The summed E-state index contributed by atoms with van der Waals surface area (Å²) in [4.78, 5) is 27.8. The number of ether oxygens (including phenoxy) is 2. The highest BCUT2D eigenvalue weighted by Gasteiger charge is 2.17. The van der Waals surface area contributed by atoms with Gasteiger partial charge in [-0.3, -0.25) is 9.59 Å². The Morgan fingerprint density at radius 3 is 1.95 bits per heavy atom. The molecule has 0 aliphatic rings. The zero-order valence-electron chi connectivity index (χ0n) is 27.2. The van der Waals surface area contributed by atoms with Gasteiger partial charge < -0.3 is 19.6 Å². The van der Waals surface area contributed by atoms with Crippen LogP contribution in [0.25, 0.3) is 0 Å². The van der Waals surface area contributed by atoms with Gasteiger partial charge in [0.15, 0.2) is 5.82 Å². The molecule has 1 N–H and O–H groups in total. The first-order chi connectivity index (χ1) is 19.7. The lowest BCUT2D eigenvalue weighted by molar-refractivity contribution is -0.151. The second kappa shape index (κ2) is 21.9. The maximum atomic E-state index is 13.7. The molecule has 1 amide bonds. The molecule has 0 saturated heterocycles. The van der Waals surface area contributed by atoms with E-state index in [9.17, 15) is 14.0 Å². The molecule has 42 heavy (non-hydrogen) atoms. The number of halogens is 3. The van der Waals surface area contributed by atoms with E-state index in [-0.39, 0.29) is 33.6 Å². The summed E-state index contributed by atoms with van der Waals surface area (Å²) in [6.45, 7) is 19.2. The number of hydrogen-bond donors (Lipinski definition) is 1. The van der Waals surface area contributed by atoms with Crippen LogP contribution in [0, 0.1) is 12.7 Å². The fourth-order valence-electron chi connectivity index (χ4n) is 3.46. The van der Waals surface area contributed by atoms with E-state index in [2.05, 4.69) is 10.5 Å². The van der Waals surface area contributed by atoms with Crippen LogP contribution in [-0.2, 0) is 25.5 Å². The van der Waals surface area contributed by atoms with E-state index in [1.54, 1.807) is 19.2 Å². The summed E-state index contributed by atoms with van der Waals surface area (Å²) in [5.41, 5.74) is 3.08. The summed E-state index contributed by atoms with van der Waals surface area (Å²) in [6, 6.07) is 8.35. The lowest BCUT2D eigenvalue weighted by atomic mass is 9.97. The molecule has 0 heterocycles. The van der Waals surface area contributed by atoms with Gasteiger partial charge in [-0.2, -0.15) is 0 Å². The molecule has 0 bridgehead atoms. The Labute approximate surface area is 262 Å². The predicted molar refractivity (Wildman–Crippen MR) is 172 cm³/mol. The molecule has 0 aliphatic heterocycles. The average Bonchev–Trinajstić information content (AvgIpc) is 2.92. The smallest absolute Gasteiger partial charge is 0.303 e. The van der Waals surface area contributed by atoms with E-state index in [1.807, 2.05) is 68.4 Å². The molecule has 0 spiro atoms. The minimum absolute atomic E-state index is 0.0554. The van der Waals surface area contributed by atoms with Gasteiger partial charge in [0, 0.05) is 26.0 Å². The third-order valence-electron chi connectivity index (χ3n) is 5.07. The number of aryl methyl sites for hydroxylation is 1. The predicted octanol–water partition coefficient (Wildman–Crippen LogP) is 8.59. The summed E-state index contributed by atoms with van der Waals surface area (Å²) < 4.78 is 23.6. The molecule has 238 valence electrons. The monoisotopic (exact) mass is 630 g/mol. The second-order valence-corrected chi connectivity index (χ2v) is 10.4. The first kappa shape index (κ1) is 41.5. The Balaban J connectivity index is 0. The van der Waals surface area contributed by atoms with Crippen LogP contribution in [0.15, 0.2) is 35.5 Å². The zero-order valence-corrected chi connectivity index (χ0v) is 28.7. The molecule has 0 saturated carbocycles. The van der Waals surface area contributed by atoms with Crippen LogP contribution < -0.4 is 5.32 Å². The molecule has 0 aliphatic carbocycles. The highest BCUT2D eigenvalue weighted by molar-refractivity contribution is 6.35. The number of amides is 1. The van der Waals surface area contributed by atoms with Gasteiger partial charge in [-0.25, -0.2) is 4.39 Å². The minimum Gasteiger partial charge on any atom is -0.460 e. The summed E-state index contributed by atoms with van der Waals surface area (Å²) in [5.74, 6) is -1.04. The van der Waals surface area contributed by atoms with Gasteiger partial charge in [0.05, 0.1) is 28.4 Å². The molecule has 1 unspecified atom stereocenters. The van der Waals surface area contributed by atoms with Crippen LogP contribution in [0.1, 0.15) is 95.8 Å². The molecule has 0 aromatic heterocycles. The SMILES string of the molecule is CC.CC.CC(=O)OC(C)(C)C.CCC(COC)NC(=O)c1ccc(/C(Cc2cc(Cl)c(F)c(Cl)c2)=N/OC)cc1C. The van der Waals surface area contributed by atoms with Crippen molar-refractivity contribution in [2.45, 2.75) is 93.7 Å². The highest BCUT2D eigenvalue weighted by Crippen LogP contribution is 2.26. The fourth-order valence-corrected chi connectivity index (χ4v) is 3.99. The molecule has 1 atom stereocenters. The lowest BCUT2D eigenvalue weighted by Gasteiger charge is -2.17. The highest BCUT2D eigenvalue weighted by atomic mass is 35.5. The second-order valence-electron chi connectivity index (χ2n) is 9.54. The molecule has 7 nitrogen and oxygen atoms in total. The van der Waals surface area contributed by atoms with E-state index in [1.165, 1.54) is 26.2 Å². The van der Waals surface area contributed by atoms with E-state index < -0.39 is 5.82 Å². The van der Waals surface area contributed by atoms with Gasteiger partial charge in [-0.15, -0.1) is 0 Å². The van der Waals surface area contributed by atoms with Crippen molar-refractivity contribution >= 4 is 40.8 Å². The number of benzene rings is 2. The Hall–Kier alpha value is -2.68. The number of esters is 1. The molecule has 2 aromatic rings. The van der Waals surface area contributed by atoms with Gasteiger partial charge in [0.1, 0.15) is 12.7 Å². The average molecular weight is 632 g/mol. The van der Waals surface area contributed by atoms with Crippen molar-refractivity contribution < 1.29 is 28.3 Å². The van der Waals surface area contributed by atoms with Crippen molar-refractivity contribution in [3.05, 3.63) is 68.4 Å². The van der Waals surface area contributed by atoms with Crippen LogP contribution in [0.5, 0.6) is 0 Å². The lowest BCUT2D eigenvalue weighted by Crippen LogP contribution is -2.37. The Kier molecular flexibility index (Phi) is 21.7. The number of nitrogens with zero attached hydrogens (tertiary/aromatic N) is 1. The summed E-state index contributed by atoms with van der Waals surface area (Å²) in [6.07, 6.45) is 1.09. The molecular weight excluding hydrogens is 582 g/mol. The van der Waals surface area contributed by atoms with Crippen LogP contribution in [0.3, 0.4) is 0 Å². The summed E-state index contributed by atoms with van der Waals surface area (Å²) in [5, 5.41) is 6.95. The zero-order chi connectivity index (χ0) is 33.0. The number of nitrogens with one attached hydrogen (secondary N) is 1. The van der Waals surface area contributed by atoms with Crippen molar-refractivity contribution in [1.29, 1.82) is 0 Å². The third-order valence-corrected chi connectivity index (χ3v) is 5.62. The van der Waals surface area contributed by atoms with E-state index >= 15 is 0 Å². The van der Waals surface area contributed by atoms with E-state index in [0.29, 0.717) is 29.9 Å². The third kappa shape index (κ3) is 16.1. The van der Waals surface area contributed by atoms with Crippen LogP contribution in [0.4, 0.5) is 4.39 Å². The largest absolute Gasteiger partial charge is 0.460 e. The molecule has 2 rings (SSSR count). The number of methoxy groups -OCH3 is 1. The van der Waals surface area contributed by atoms with E-state index in [4.69, 9.17) is 37.5 Å². The number of oxime groups is 1. The first-order valence-corrected chi connectivity index (χ1v) is 14.8. The Bertz CT molecular complexity index is 1110. The standard InChI is InChI=1S/C22H25Cl2FN2O3.C6H12O2.2C2H6/c1-5-16(12-29-3)26-22(28)17-7-6-15(8-13(17)2)20(27-30-4)11-14-9-18(23)21(25)19(24)10-14;1-5(7)8-6(2,3)4;2*1-2/h6-10,16H,5,11-12H2,1-4H3,(H,26,28);1-4H3;2*1-2H3/b27-20+;;;. The normalized spacial score (nSPS) is 11.4. The van der Waals surface area contributed by atoms with Crippen molar-refractivity contribution in [3.63, 3.8) is 0 Å². The van der Waals surface area contributed by atoms with Gasteiger partial charge in [-0.05, 0) is 75.1 Å². The van der Waals surface area contributed by atoms with Gasteiger partial charge in [0.2, 0.25) is 0 Å². The van der Waals surface area contributed by atoms with Gasteiger partial charge >= 0.3 is 5.97 Å². The topological polar surface area (TPSA) is 86.2 Å². The minimum atomic E-state index is -0.655. The van der Waals surface area contributed by atoms with Crippen molar-refractivity contribution in [2.75, 3.05) is 20.8 Å². The van der Waals surface area contributed by atoms with Crippen LogP contribution in [0.2, 0.25) is 10.0 Å². The van der Waals surface area contributed by atoms with Crippen molar-refractivity contribution in [3.8, 4) is 0 Å². The van der Waals surface area contributed by atoms with Crippen LogP contribution in [-0.4, -0.2) is 50.1 Å². The maximum absolute atomic E-state index is 13.7.